The molecule has 0 spiro atoms. The summed E-state index contributed by atoms with van der Waals surface area (Å²) in [6.07, 6.45) is 2.46. The Hall–Kier alpha value is -3.35. The third-order valence-electron chi connectivity index (χ3n) is 5.09. The predicted octanol–water partition coefficient (Wildman–Crippen LogP) is 3.77. The molecule has 1 aliphatic rings. The first-order chi connectivity index (χ1) is 14.0. The van der Waals surface area contributed by atoms with Crippen LogP contribution in [0.15, 0.2) is 42.6 Å². The van der Waals surface area contributed by atoms with Gasteiger partial charge in [-0.15, -0.1) is 0 Å². The highest BCUT2D eigenvalue weighted by atomic mass is 16.5. The first kappa shape index (κ1) is 19.0. The molecule has 4 rings (SSSR count). The van der Waals surface area contributed by atoms with E-state index in [9.17, 15) is 4.79 Å². The second-order valence-electron chi connectivity index (χ2n) is 7.43. The number of methoxy groups -OCH3 is 2. The van der Waals surface area contributed by atoms with Crippen molar-refractivity contribution in [3.8, 4) is 11.6 Å². The predicted molar refractivity (Wildman–Crippen MR) is 110 cm³/mol. The van der Waals surface area contributed by atoms with Gasteiger partial charge in [-0.05, 0) is 48.7 Å². The summed E-state index contributed by atoms with van der Waals surface area (Å²) in [5.41, 5.74) is 3.91. The molecular formula is C22H24N4O3. The van der Waals surface area contributed by atoms with Gasteiger partial charge in [0.05, 0.1) is 26.0 Å². The van der Waals surface area contributed by atoms with Gasteiger partial charge in [0.15, 0.2) is 0 Å². The average molecular weight is 392 g/mol. The van der Waals surface area contributed by atoms with Crippen molar-refractivity contribution >= 4 is 11.6 Å². The van der Waals surface area contributed by atoms with Crippen LogP contribution in [0.1, 0.15) is 47.2 Å². The minimum atomic E-state index is -0.373. The van der Waals surface area contributed by atoms with Crippen LogP contribution in [0.5, 0.6) is 11.6 Å². The van der Waals surface area contributed by atoms with Crippen molar-refractivity contribution in [2.24, 2.45) is 5.92 Å². The maximum Gasteiger partial charge on any atom is 0.277 e. The SMILES string of the molecule is COc1ccc(N2C(=O)c3[nH]nc(CC(C)C)c3C2c2cccnc2OC)cc1. The normalized spacial score (nSPS) is 15.7. The Kier molecular flexibility index (Phi) is 4.96. The first-order valence-electron chi connectivity index (χ1n) is 9.58. The molecule has 7 nitrogen and oxygen atoms in total. The smallest absolute Gasteiger partial charge is 0.277 e. The highest BCUT2D eigenvalue weighted by molar-refractivity contribution is 6.10. The molecule has 0 aliphatic carbocycles. The lowest BCUT2D eigenvalue weighted by Crippen LogP contribution is -2.30. The summed E-state index contributed by atoms with van der Waals surface area (Å²) in [5.74, 6) is 1.51. The number of carbonyl (C=O) groups is 1. The number of aromatic amines is 1. The van der Waals surface area contributed by atoms with E-state index in [2.05, 4.69) is 29.0 Å². The third kappa shape index (κ3) is 3.22. The summed E-state index contributed by atoms with van der Waals surface area (Å²) in [6.45, 7) is 4.28. The number of amides is 1. The van der Waals surface area contributed by atoms with E-state index in [1.807, 2.05) is 36.4 Å². The van der Waals surface area contributed by atoms with E-state index in [1.165, 1.54) is 0 Å². The summed E-state index contributed by atoms with van der Waals surface area (Å²) in [4.78, 5) is 19.5. The number of fused-ring (bicyclic) bond motifs is 1. The van der Waals surface area contributed by atoms with Gasteiger partial charge in [-0.3, -0.25) is 14.8 Å². The van der Waals surface area contributed by atoms with Crippen LogP contribution in [0.3, 0.4) is 0 Å². The van der Waals surface area contributed by atoms with Crippen molar-refractivity contribution in [3.05, 3.63) is 65.1 Å². The summed E-state index contributed by atoms with van der Waals surface area (Å²) >= 11 is 0. The Morgan fingerprint density at radius 2 is 1.90 bits per heavy atom. The number of pyridine rings is 1. The number of nitrogens with zero attached hydrogens (tertiary/aromatic N) is 3. The second kappa shape index (κ2) is 7.58. The quantitative estimate of drug-likeness (QED) is 0.691. The Balaban J connectivity index is 1.90. The topological polar surface area (TPSA) is 80.3 Å². The number of carbonyl (C=O) groups excluding carboxylic acids is 1. The maximum atomic E-state index is 13.4. The molecule has 0 saturated heterocycles. The molecule has 0 radical (unpaired) electrons. The molecule has 1 N–H and O–H groups in total. The molecular weight excluding hydrogens is 368 g/mol. The zero-order valence-electron chi connectivity index (χ0n) is 17.0. The number of aromatic nitrogens is 3. The van der Waals surface area contributed by atoms with Crippen LogP contribution in [-0.4, -0.2) is 35.3 Å². The Bertz CT molecular complexity index is 1030. The first-order valence-corrected chi connectivity index (χ1v) is 9.58. The van der Waals surface area contributed by atoms with Gasteiger partial charge in [0.2, 0.25) is 5.88 Å². The van der Waals surface area contributed by atoms with E-state index in [1.54, 1.807) is 25.3 Å². The molecule has 150 valence electrons. The van der Waals surface area contributed by atoms with Gasteiger partial charge in [0.1, 0.15) is 11.4 Å². The van der Waals surface area contributed by atoms with Gasteiger partial charge in [0, 0.05) is 23.0 Å². The zero-order valence-corrected chi connectivity index (χ0v) is 17.0. The van der Waals surface area contributed by atoms with Crippen molar-refractivity contribution in [2.75, 3.05) is 19.1 Å². The van der Waals surface area contributed by atoms with Crippen LogP contribution in [0.2, 0.25) is 0 Å². The van der Waals surface area contributed by atoms with Crippen LogP contribution >= 0.6 is 0 Å². The lowest BCUT2D eigenvalue weighted by atomic mass is 9.95. The van der Waals surface area contributed by atoms with Crippen molar-refractivity contribution in [1.29, 1.82) is 0 Å². The fourth-order valence-corrected chi connectivity index (χ4v) is 3.84. The Morgan fingerprint density at radius 1 is 1.14 bits per heavy atom. The van der Waals surface area contributed by atoms with E-state index >= 15 is 0 Å². The molecule has 1 atom stereocenters. The van der Waals surface area contributed by atoms with Crippen LogP contribution in [0.4, 0.5) is 5.69 Å². The molecule has 0 saturated carbocycles. The number of rotatable bonds is 6. The third-order valence-corrected chi connectivity index (χ3v) is 5.09. The van der Waals surface area contributed by atoms with Gasteiger partial charge in [-0.25, -0.2) is 4.98 Å². The van der Waals surface area contributed by atoms with E-state index in [0.717, 1.165) is 34.7 Å². The molecule has 2 aromatic heterocycles. The molecule has 3 aromatic rings. The molecule has 7 heteroatoms. The van der Waals surface area contributed by atoms with Gasteiger partial charge >= 0.3 is 0 Å². The lowest BCUT2D eigenvalue weighted by Gasteiger charge is -2.27. The van der Waals surface area contributed by atoms with Crippen molar-refractivity contribution in [3.63, 3.8) is 0 Å². The van der Waals surface area contributed by atoms with Crippen LogP contribution < -0.4 is 14.4 Å². The van der Waals surface area contributed by atoms with Crippen LogP contribution in [0, 0.1) is 5.92 Å². The van der Waals surface area contributed by atoms with Gasteiger partial charge in [0.25, 0.3) is 5.91 Å². The molecule has 29 heavy (non-hydrogen) atoms. The molecule has 0 fully saturated rings. The number of hydrogen-bond acceptors (Lipinski definition) is 5. The summed E-state index contributed by atoms with van der Waals surface area (Å²) < 4.78 is 10.8. The second-order valence-corrected chi connectivity index (χ2v) is 7.43. The van der Waals surface area contributed by atoms with E-state index in [4.69, 9.17) is 9.47 Å². The summed E-state index contributed by atoms with van der Waals surface area (Å²) in [5, 5.41) is 7.44. The maximum absolute atomic E-state index is 13.4. The summed E-state index contributed by atoms with van der Waals surface area (Å²) in [6, 6.07) is 10.9. The van der Waals surface area contributed by atoms with Gasteiger partial charge < -0.3 is 9.47 Å². The van der Waals surface area contributed by atoms with Crippen LogP contribution in [0.25, 0.3) is 0 Å². The number of benzene rings is 1. The fraction of sp³-hybridized carbons (Fsp3) is 0.318. The van der Waals surface area contributed by atoms with Crippen molar-refractivity contribution < 1.29 is 14.3 Å². The highest BCUT2D eigenvalue weighted by Crippen LogP contribution is 2.45. The van der Waals surface area contributed by atoms with Crippen molar-refractivity contribution in [1.82, 2.24) is 15.2 Å². The fourth-order valence-electron chi connectivity index (χ4n) is 3.84. The number of ether oxygens (including phenoxy) is 2. The van der Waals surface area contributed by atoms with E-state index in [0.29, 0.717) is 17.5 Å². The minimum absolute atomic E-state index is 0.122. The number of H-pyrrole nitrogens is 1. The Morgan fingerprint density at radius 3 is 2.55 bits per heavy atom. The Labute approximate surface area is 169 Å². The largest absolute Gasteiger partial charge is 0.497 e. The molecule has 1 aliphatic heterocycles. The molecule has 1 aromatic carbocycles. The highest BCUT2D eigenvalue weighted by Gasteiger charge is 2.44. The molecule has 3 heterocycles. The number of hydrogen-bond donors (Lipinski definition) is 1. The van der Waals surface area contributed by atoms with Gasteiger partial charge in [-0.2, -0.15) is 5.10 Å². The summed E-state index contributed by atoms with van der Waals surface area (Å²) in [7, 11) is 3.21. The minimum Gasteiger partial charge on any atom is -0.497 e. The van der Waals surface area contributed by atoms with Crippen molar-refractivity contribution in [2.45, 2.75) is 26.3 Å². The van der Waals surface area contributed by atoms with Crippen LogP contribution in [-0.2, 0) is 6.42 Å². The van der Waals surface area contributed by atoms with E-state index in [-0.39, 0.29) is 11.9 Å². The molecule has 0 bridgehead atoms. The molecule has 1 unspecified atom stereocenters. The lowest BCUT2D eigenvalue weighted by molar-refractivity contribution is 0.0988. The van der Waals surface area contributed by atoms with Gasteiger partial charge in [-0.1, -0.05) is 13.8 Å². The monoisotopic (exact) mass is 392 g/mol. The van der Waals surface area contributed by atoms with E-state index < -0.39 is 0 Å². The average Bonchev–Trinajstić information content (AvgIpc) is 3.26. The number of nitrogens with one attached hydrogen (secondary N) is 1. The standard InChI is InChI=1S/C22H24N4O3/c1-13(2)12-17-18-19(25-24-17)22(27)26(14-7-9-15(28-3)10-8-14)20(18)16-6-5-11-23-21(16)29-4/h5-11,13,20H,12H2,1-4H3,(H,24,25). The zero-order chi connectivity index (χ0) is 20.5. The number of anilines is 1. The molecule has 1 amide bonds.